The standard InChI is InChI=1S/C21H34N4O2/c1-3-22-19(23-15-20(2,26)17-25-11-13-27-14-12-25)24-16-21(9-10-21)18-7-5-4-6-8-18/h4-8,26H,3,9-17H2,1-2H3,(H2,22,23,24). The third-order valence-electron chi connectivity index (χ3n) is 5.42. The molecule has 1 unspecified atom stereocenters. The van der Waals surface area contributed by atoms with Gasteiger partial charge < -0.3 is 20.5 Å². The minimum Gasteiger partial charge on any atom is -0.387 e. The zero-order chi connectivity index (χ0) is 19.2. The predicted octanol–water partition coefficient (Wildman–Crippen LogP) is 1.36. The van der Waals surface area contributed by atoms with Crippen molar-refractivity contribution >= 4 is 5.96 Å². The molecule has 2 aliphatic rings. The maximum absolute atomic E-state index is 10.8. The van der Waals surface area contributed by atoms with E-state index in [2.05, 4.69) is 57.8 Å². The van der Waals surface area contributed by atoms with E-state index in [4.69, 9.17) is 4.74 Å². The van der Waals surface area contributed by atoms with Crippen molar-refractivity contribution in [2.24, 2.45) is 4.99 Å². The fourth-order valence-electron chi connectivity index (χ4n) is 3.65. The Morgan fingerprint density at radius 3 is 2.56 bits per heavy atom. The lowest BCUT2D eigenvalue weighted by Crippen LogP contribution is -2.48. The Morgan fingerprint density at radius 1 is 1.22 bits per heavy atom. The van der Waals surface area contributed by atoms with Crippen LogP contribution in [0.1, 0.15) is 32.3 Å². The molecule has 2 fully saturated rings. The van der Waals surface area contributed by atoms with E-state index >= 15 is 0 Å². The molecule has 1 saturated carbocycles. The van der Waals surface area contributed by atoms with Crippen LogP contribution < -0.4 is 10.6 Å². The Balaban J connectivity index is 1.54. The van der Waals surface area contributed by atoms with Crippen molar-refractivity contribution in [1.29, 1.82) is 0 Å². The second-order valence-corrected chi connectivity index (χ2v) is 8.08. The SMILES string of the molecule is CCNC(=NCC(C)(O)CN1CCOCC1)NCC1(c2ccccc2)CC1. The second-order valence-electron chi connectivity index (χ2n) is 8.08. The summed E-state index contributed by atoms with van der Waals surface area (Å²) >= 11 is 0. The van der Waals surface area contributed by atoms with Crippen molar-refractivity contribution < 1.29 is 9.84 Å². The highest BCUT2D eigenvalue weighted by atomic mass is 16.5. The lowest BCUT2D eigenvalue weighted by Gasteiger charge is -2.33. The summed E-state index contributed by atoms with van der Waals surface area (Å²) in [5, 5.41) is 17.6. The van der Waals surface area contributed by atoms with Crippen molar-refractivity contribution in [3.63, 3.8) is 0 Å². The lowest BCUT2D eigenvalue weighted by molar-refractivity contribution is -0.0179. The average Bonchev–Trinajstić information content (AvgIpc) is 3.46. The molecule has 0 radical (unpaired) electrons. The molecule has 0 aromatic heterocycles. The quantitative estimate of drug-likeness (QED) is 0.473. The Hall–Kier alpha value is -1.63. The summed E-state index contributed by atoms with van der Waals surface area (Å²) in [5.74, 6) is 0.780. The Bertz CT molecular complexity index is 608. The summed E-state index contributed by atoms with van der Waals surface area (Å²) < 4.78 is 5.38. The van der Waals surface area contributed by atoms with Gasteiger partial charge in [0, 0.05) is 38.1 Å². The summed E-state index contributed by atoms with van der Waals surface area (Å²) in [6.07, 6.45) is 2.41. The maximum Gasteiger partial charge on any atom is 0.191 e. The number of aliphatic hydroxyl groups is 1. The first-order chi connectivity index (χ1) is 13.0. The normalized spacial score (nSPS) is 22.1. The minimum atomic E-state index is -0.851. The number of morpholine rings is 1. The van der Waals surface area contributed by atoms with Gasteiger partial charge in [0.15, 0.2) is 5.96 Å². The van der Waals surface area contributed by atoms with Crippen molar-refractivity contribution in [2.45, 2.75) is 37.7 Å². The van der Waals surface area contributed by atoms with Gasteiger partial charge in [-0.1, -0.05) is 30.3 Å². The average molecular weight is 375 g/mol. The first-order valence-corrected chi connectivity index (χ1v) is 10.1. The van der Waals surface area contributed by atoms with Gasteiger partial charge >= 0.3 is 0 Å². The zero-order valence-corrected chi connectivity index (χ0v) is 16.7. The summed E-state index contributed by atoms with van der Waals surface area (Å²) in [4.78, 5) is 6.91. The highest BCUT2D eigenvalue weighted by Gasteiger charge is 2.44. The molecular formula is C21H34N4O2. The largest absolute Gasteiger partial charge is 0.387 e. The first-order valence-electron chi connectivity index (χ1n) is 10.1. The van der Waals surface area contributed by atoms with Crippen LogP contribution in [0.3, 0.4) is 0 Å². The number of benzene rings is 1. The molecule has 3 rings (SSSR count). The number of ether oxygens (including phenoxy) is 1. The van der Waals surface area contributed by atoms with Crippen LogP contribution in [0.15, 0.2) is 35.3 Å². The third kappa shape index (κ3) is 5.92. The van der Waals surface area contributed by atoms with Crippen LogP contribution in [-0.4, -0.2) is 74.0 Å². The second kappa shape index (κ2) is 9.04. The van der Waals surface area contributed by atoms with Gasteiger partial charge in [-0.2, -0.15) is 0 Å². The number of hydrogen-bond donors (Lipinski definition) is 3. The molecule has 27 heavy (non-hydrogen) atoms. The topological polar surface area (TPSA) is 69.1 Å². The zero-order valence-electron chi connectivity index (χ0n) is 16.7. The van der Waals surface area contributed by atoms with Crippen LogP contribution >= 0.6 is 0 Å². The highest BCUT2D eigenvalue weighted by Crippen LogP contribution is 2.47. The lowest BCUT2D eigenvalue weighted by atomic mass is 9.96. The van der Waals surface area contributed by atoms with E-state index in [1.807, 2.05) is 6.92 Å². The van der Waals surface area contributed by atoms with Gasteiger partial charge in [0.1, 0.15) is 0 Å². The highest BCUT2D eigenvalue weighted by molar-refractivity contribution is 5.80. The van der Waals surface area contributed by atoms with Crippen LogP contribution in [0.25, 0.3) is 0 Å². The van der Waals surface area contributed by atoms with Gasteiger partial charge in [-0.15, -0.1) is 0 Å². The molecule has 1 atom stereocenters. The summed E-state index contributed by atoms with van der Waals surface area (Å²) in [7, 11) is 0. The van der Waals surface area contributed by atoms with Crippen molar-refractivity contribution in [1.82, 2.24) is 15.5 Å². The number of aliphatic imine (C=N–C) groups is 1. The Morgan fingerprint density at radius 2 is 1.93 bits per heavy atom. The monoisotopic (exact) mass is 374 g/mol. The molecule has 150 valence electrons. The molecule has 1 heterocycles. The molecule has 0 spiro atoms. The summed E-state index contributed by atoms with van der Waals surface area (Å²) in [6.45, 7) is 9.82. The van der Waals surface area contributed by atoms with Gasteiger partial charge in [0.25, 0.3) is 0 Å². The predicted molar refractivity (Wildman–Crippen MR) is 109 cm³/mol. The van der Waals surface area contributed by atoms with Crippen LogP contribution in [0.4, 0.5) is 0 Å². The number of nitrogens with zero attached hydrogens (tertiary/aromatic N) is 2. The minimum absolute atomic E-state index is 0.230. The number of nitrogens with one attached hydrogen (secondary N) is 2. The molecule has 6 nitrogen and oxygen atoms in total. The van der Waals surface area contributed by atoms with E-state index in [1.165, 1.54) is 18.4 Å². The number of β-amino-alcohol motifs (C(OH)–C–C–N with tert-alkyl or cyclic N) is 1. The van der Waals surface area contributed by atoms with Gasteiger partial charge in [0.05, 0.1) is 25.4 Å². The molecule has 0 bridgehead atoms. The molecule has 1 aliphatic carbocycles. The van der Waals surface area contributed by atoms with E-state index in [9.17, 15) is 5.11 Å². The van der Waals surface area contributed by atoms with Crippen molar-refractivity contribution in [3.05, 3.63) is 35.9 Å². The van der Waals surface area contributed by atoms with Crippen LogP contribution in [-0.2, 0) is 10.2 Å². The number of hydrogen-bond acceptors (Lipinski definition) is 4. The van der Waals surface area contributed by atoms with Crippen LogP contribution in [0.5, 0.6) is 0 Å². The molecule has 6 heteroatoms. The van der Waals surface area contributed by atoms with Gasteiger partial charge in [-0.05, 0) is 32.3 Å². The number of rotatable bonds is 8. The smallest absolute Gasteiger partial charge is 0.191 e. The Kier molecular flexibility index (Phi) is 6.73. The molecule has 1 saturated heterocycles. The van der Waals surface area contributed by atoms with Crippen LogP contribution in [0, 0.1) is 0 Å². The molecule has 0 amide bonds. The molecule has 1 aromatic rings. The van der Waals surface area contributed by atoms with E-state index in [0.717, 1.165) is 45.4 Å². The molecular weight excluding hydrogens is 340 g/mol. The van der Waals surface area contributed by atoms with Gasteiger partial charge in [-0.3, -0.25) is 9.89 Å². The summed E-state index contributed by atoms with van der Waals surface area (Å²) in [6, 6.07) is 10.7. The molecule has 1 aromatic carbocycles. The van der Waals surface area contributed by atoms with E-state index in [1.54, 1.807) is 0 Å². The Labute approximate surface area is 163 Å². The maximum atomic E-state index is 10.8. The van der Waals surface area contributed by atoms with E-state index in [0.29, 0.717) is 13.1 Å². The first kappa shape index (κ1) is 20.1. The molecule has 3 N–H and O–H groups in total. The van der Waals surface area contributed by atoms with Crippen LogP contribution in [0.2, 0.25) is 0 Å². The third-order valence-corrected chi connectivity index (χ3v) is 5.42. The van der Waals surface area contributed by atoms with Crippen molar-refractivity contribution in [2.75, 3.05) is 52.5 Å². The number of guanidine groups is 1. The van der Waals surface area contributed by atoms with E-state index < -0.39 is 5.60 Å². The fourth-order valence-corrected chi connectivity index (χ4v) is 3.65. The molecule has 1 aliphatic heterocycles. The summed E-state index contributed by atoms with van der Waals surface area (Å²) in [5.41, 5.74) is 0.775. The van der Waals surface area contributed by atoms with E-state index in [-0.39, 0.29) is 5.41 Å². The van der Waals surface area contributed by atoms with Gasteiger partial charge in [0.2, 0.25) is 0 Å². The fraction of sp³-hybridized carbons (Fsp3) is 0.667. The van der Waals surface area contributed by atoms with Gasteiger partial charge in [-0.25, -0.2) is 0 Å². The van der Waals surface area contributed by atoms with Crippen molar-refractivity contribution in [3.8, 4) is 0 Å².